The monoisotopic (exact) mass is 414 g/mol. The third-order valence-corrected chi connectivity index (χ3v) is 4.98. The van der Waals surface area contributed by atoms with Gasteiger partial charge in [-0.1, -0.05) is 52.0 Å². The molecule has 162 valence electrons. The minimum Gasteiger partial charge on any atom is -0.484 e. The minimum absolute atomic E-state index is 0.0299. The minimum atomic E-state index is -0.639. The summed E-state index contributed by atoms with van der Waals surface area (Å²) < 4.78 is 18.9. The number of nitrogens with zero attached hydrogens (tertiary/aromatic N) is 1. The Morgan fingerprint density at radius 1 is 1.07 bits per heavy atom. The highest BCUT2D eigenvalue weighted by Crippen LogP contribution is 2.24. The van der Waals surface area contributed by atoms with Crippen molar-refractivity contribution in [1.82, 2.24) is 10.2 Å². The van der Waals surface area contributed by atoms with Crippen LogP contribution >= 0.6 is 0 Å². The summed E-state index contributed by atoms with van der Waals surface area (Å²) in [5.41, 5.74) is 1.94. The van der Waals surface area contributed by atoms with Crippen LogP contribution in [-0.4, -0.2) is 36.4 Å². The molecule has 0 radical (unpaired) electrons. The van der Waals surface area contributed by atoms with Crippen LogP contribution in [0.25, 0.3) is 0 Å². The summed E-state index contributed by atoms with van der Waals surface area (Å²) in [6.45, 7) is 8.23. The van der Waals surface area contributed by atoms with E-state index in [1.165, 1.54) is 22.6 Å². The number of carbonyl (C=O) groups excluding carboxylic acids is 2. The van der Waals surface area contributed by atoms with Gasteiger partial charge in [-0.15, -0.1) is 0 Å². The van der Waals surface area contributed by atoms with Crippen LogP contribution in [0.1, 0.15) is 45.2 Å². The molecule has 5 nitrogen and oxygen atoms in total. The first-order chi connectivity index (χ1) is 14.2. The Kier molecular flexibility index (Phi) is 7.98. The lowest BCUT2D eigenvalue weighted by Crippen LogP contribution is -2.49. The van der Waals surface area contributed by atoms with Gasteiger partial charge in [0.25, 0.3) is 5.91 Å². The first-order valence-corrected chi connectivity index (χ1v) is 10.1. The molecule has 2 rings (SSSR count). The molecule has 30 heavy (non-hydrogen) atoms. The fraction of sp³-hybridized carbons (Fsp3) is 0.417. The number of hydrogen-bond acceptors (Lipinski definition) is 3. The van der Waals surface area contributed by atoms with Crippen LogP contribution in [0.5, 0.6) is 5.75 Å². The second-order valence-corrected chi connectivity index (χ2v) is 8.25. The van der Waals surface area contributed by atoms with Crippen LogP contribution in [0.3, 0.4) is 0 Å². The fourth-order valence-corrected chi connectivity index (χ4v) is 3.15. The van der Waals surface area contributed by atoms with E-state index in [0.29, 0.717) is 12.2 Å². The van der Waals surface area contributed by atoms with Gasteiger partial charge >= 0.3 is 0 Å². The van der Waals surface area contributed by atoms with Gasteiger partial charge in [0.05, 0.1) is 0 Å². The summed E-state index contributed by atoms with van der Waals surface area (Å²) in [5.74, 6) is -0.319. The normalized spacial score (nSPS) is 12.2. The van der Waals surface area contributed by atoms with E-state index in [4.69, 9.17) is 4.74 Å². The van der Waals surface area contributed by atoms with Crippen LogP contribution < -0.4 is 10.1 Å². The molecule has 0 aromatic heterocycles. The summed E-state index contributed by atoms with van der Waals surface area (Å²) in [4.78, 5) is 26.8. The molecule has 0 aliphatic rings. The van der Waals surface area contributed by atoms with Gasteiger partial charge in [-0.2, -0.15) is 0 Å². The van der Waals surface area contributed by atoms with Crippen LogP contribution in [0, 0.1) is 5.82 Å². The quantitative estimate of drug-likeness (QED) is 0.709. The van der Waals surface area contributed by atoms with Crippen molar-refractivity contribution in [2.45, 2.75) is 52.1 Å². The van der Waals surface area contributed by atoms with Crippen molar-refractivity contribution in [2.24, 2.45) is 0 Å². The summed E-state index contributed by atoms with van der Waals surface area (Å²) in [6.07, 6.45) is 0.451. The second-order valence-electron chi connectivity index (χ2n) is 8.25. The molecule has 0 aliphatic heterocycles. The predicted molar refractivity (Wildman–Crippen MR) is 116 cm³/mol. The first kappa shape index (κ1) is 23.4. The van der Waals surface area contributed by atoms with E-state index in [1.54, 1.807) is 19.2 Å². The van der Waals surface area contributed by atoms with E-state index in [1.807, 2.05) is 31.2 Å². The molecule has 1 atom stereocenters. The van der Waals surface area contributed by atoms with Gasteiger partial charge in [-0.3, -0.25) is 9.59 Å². The lowest BCUT2D eigenvalue weighted by Gasteiger charge is -2.30. The highest BCUT2D eigenvalue weighted by atomic mass is 19.1. The zero-order valence-electron chi connectivity index (χ0n) is 18.4. The lowest BCUT2D eigenvalue weighted by atomic mass is 9.87. The lowest BCUT2D eigenvalue weighted by molar-refractivity contribution is -0.142. The van der Waals surface area contributed by atoms with Crippen LogP contribution in [0.2, 0.25) is 0 Å². The fourth-order valence-electron chi connectivity index (χ4n) is 3.15. The molecule has 1 N–H and O–H groups in total. The highest BCUT2D eigenvalue weighted by Gasteiger charge is 2.28. The molecule has 2 amide bonds. The van der Waals surface area contributed by atoms with Gasteiger partial charge < -0.3 is 15.0 Å². The number of likely N-dealkylation sites (N-methyl/N-ethyl adjacent to an activating group) is 1. The molecule has 6 heteroatoms. The summed E-state index contributed by atoms with van der Waals surface area (Å²) in [7, 11) is 1.54. The molecular weight excluding hydrogens is 383 g/mol. The average molecular weight is 415 g/mol. The van der Waals surface area contributed by atoms with Crippen molar-refractivity contribution in [2.75, 3.05) is 13.7 Å². The van der Waals surface area contributed by atoms with E-state index >= 15 is 0 Å². The Balaban J connectivity index is 2.14. The van der Waals surface area contributed by atoms with Gasteiger partial charge in [0.1, 0.15) is 17.6 Å². The van der Waals surface area contributed by atoms with Crippen LogP contribution in [0.4, 0.5) is 4.39 Å². The number of rotatable bonds is 8. The zero-order chi connectivity index (χ0) is 22.3. The van der Waals surface area contributed by atoms with E-state index in [-0.39, 0.29) is 36.2 Å². The van der Waals surface area contributed by atoms with Crippen LogP contribution in [-0.2, 0) is 21.5 Å². The average Bonchev–Trinajstić information content (AvgIpc) is 2.72. The van der Waals surface area contributed by atoms with Crippen molar-refractivity contribution < 1.29 is 18.7 Å². The Morgan fingerprint density at radius 3 is 2.17 bits per heavy atom. The third-order valence-electron chi connectivity index (χ3n) is 4.98. The van der Waals surface area contributed by atoms with Gasteiger partial charge in [-0.25, -0.2) is 4.39 Å². The number of benzene rings is 2. The zero-order valence-corrected chi connectivity index (χ0v) is 18.4. The number of carbonyl (C=O) groups is 2. The largest absolute Gasteiger partial charge is 0.484 e. The van der Waals surface area contributed by atoms with E-state index < -0.39 is 6.04 Å². The third kappa shape index (κ3) is 6.31. The highest BCUT2D eigenvalue weighted by molar-refractivity contribution is 5.88. The number of nitrogens with one attached hydrogen (secondary N) is 1. The van der Waals surface area contributed by atoms with Gasteiger partial charge in [0.15, 0.2) is 6.61 Å². The van der Waals surface area contributed by atoms with Crippen molar-refractivity contribution in [3.63, 3.8) is 0 Å². The van der Waals surface area contributed by atoms with Crippen molar-refractivity contribution in [3.8, 4) is 5.75 Å². The number of amides is 2. The molecule has 0 spiro atoms. The number of hydrogen-bond donors (Lipinski definition) is 1. The molecule has 0 saturated carbocycles. The molecule has 0 saturated heterocycles. The molecule has 0 aliphatic carbocycles. The molecule has 2 aromatic carbocycles. The molecule has 1 unspecified atom stereocenters. The summed E-state index contributed by atoms with van der Waals surface area (Å²) >= 11 is 0. The molecule has 2 aromatic rings. The predicted octanol–water partition coefficient (Wildman–Crippen LogP) is 4.06. The maximum absolute atomic E-state index is 13.2. The van der Waals surface area contributed by atoms with Gasteiger partial charge in [-0.05, 0) is 47.2 Å². The van der Waals surface area contributed by atoms with Gasteiger partial charge in [0.2, 0.25) is 5.91 Å². The van der Waals surface area contributed by atoms with E-state index in [9.17, 15) is 14.0 Å². The number of ether oxygens (including phenoxy) is 1. The number of halogens is 1. The molecular formula is C24H31FN2O3. The van der Waals surface area contributed by atoms with Crippen molar-refractivity contribution in [1.29, 1.82) is 0 Å². The van der Waals surface area contributed by atoms with Crippen LogP contribution in [0.15, 0.2) is 48.5 Å². The Labute approximate surface area is 178 Å². The molecule has 0 fully saturated rings. The standard InChI is InChI=1S/C24H31FN2O3/c1-6-21(23(29)26-5)27(15-17-7-11-19(25)12-8-17)22(28)16-30-20-13-9-18(10-14-20)24(2,3)4/h7-14,21H,6,15-16H2,1-5H3,(H,26,29). The summed E-state index contributed by atoms with van der Waals surface area (Å²) in [6, 6.07) is 12.9. The smallest absolute Gasteiger partial charge is 0.261 e. The maximum atomic E-state index is 13.2. The first-order valence-electron chi connectivity index (χ1n) is 10.1. The Morgan fingerprint density at radius 2 is 1.67 bits per heavy atom. The SMILES string of the molecule is CCC(C(=O)NC)N(Cc1ccc(F)cc1)C(=O)COc1ccc(C(C)(C)C)cc1. The van der Waals surface area contributed by atoms with Crippen molar-refractivity contribution >= 4 is 11.8 Å². The maximum Gasteiger partial charge on any atom is 0.261 e. The van der Waals surface area contributed by atoms with E-state index in [2.05, 4.69) is 26.1 Å². The summed E-state index contributed by atoms with van der Waals surface area (Å²) in [5, 5.41) is 2.61. The topological polar surface area (TPSA) is 58.6 Å². The van der Waals surface area contributed by atoms with Crippen molar-refractivity contribution in [3.05, 3.63) is 65.5 Å². The molecule has 0 heterocycles. The Hall–Kier alpha value is -2.89. The Bertz CT molecular complexity index is 842. The van der Waals surface area contributed by atoms with E-state index in [0.717, 1.165) is 5.56 Å². The molecule has 0 bridgehead atoms. The second kappa shape index (κ2) is 10.2. The van der Waals surface area contributed by atoms with Gasteiger partial charge in [0, 0.05) is 13.6 Å².